The van der Waals surface area contributed by atoms with Gasteiger partial charge in [0.05, 0.1) is 0 Å². The summed E-state index contributed by atoms with van der Waals surface area (Å²) in [6.45, 7) is 3.71. The molecule has 4 rings (SSSR count). The number of likely N-dealkylation sites (N-methyl/N-ethyl adjacent to an activating group) is 2. The summed E-state index contributed by atoms with van der Waals surface area (Å²) in [6.07, 6.45) is 0. The van der Waals surface area contributed by atoms with Crippen molar-refractivity contribution >= 4 is 22.6 Å². The first-order valence-electron chi connectivity index (χ1n) is 9.70. The SMILES string of the molecule is CN1CCN(C)C(CNC(=O)Nc2ccc(-c3cc4ccccc4[nH]3)cc2)C1. The summed E-state index contributed by atoms with van der Waals surface area (Å²) in [5.41, 5.74) is 4.07. The maximum atomic E-state index is 12.3. The Morgan fingerprint density at radius 2 is 1.89 bits per heavy atom. The zero-order valence-corrected chi connectivity index (χ0v) is 16.4. The van der Waals surface area contributed by atoms with Gasteiger partial charge < -0.3 is 20.5 Å². The quantitative estimate of drug-likeness (QED) is 0.654. The number of amides is 2. The molecule has 1 aliphatic heterocycles. The zero-order valence-electron chi connectivity index (χ0n) is 16.4. The van der Waals surface area contributed by atoms with Gasteiger partial charge in [-0.2, -0.15) is 0 Å². The van der Waals surface area contributed by atoms with Crippen LogP contribution in [-0.4, -0.2) is 67.1 Å². The normalized spacial score (nSPS) is 18.3. The monoisotopic (exact) mass is 377 g/mol. The van der Waals surface area contributed by atoms with Crippen molar-refractivity contribution in [3.63, 3.8) is 0 Å². The highest BCUT2D eigenvalue weighted by Crippen LogP contribution is 2.25. The van der Waals surface area contributed by atoms with Gasteiger partial charge >= 0.3 is 6.03 Å². The van der Waals surface area contributed by atoms with Crippen LogP contribution in [0.25, 0.3) is 22.2 Å². The smallest absolute Gasteiger partial charge is 0.319 e. The number of hydrogen-bond acceptors (Lipinski definition) is 3. The summed E-state index contributed by atoms with van der Waals surface area (Å²) >= 11 is 0. The second-order valence-electron chi connectivity index (χ2n) is 7.58. The minimum Gasteiger partial charge on any atom is -0.355 e. The standard InChI is InChI=1S/C22H27N5O/c1-26-11-12-27(2)19(15-26)14-23-22(28)24-18-9-7-16(8-10-18)21-13-17-5-3-4-6-20(17)25-21/h3-10,13,19,25H,11-12,14-15H2,1-2H3,(H2,23,24,28). The predicted molar refractivity (Wildman–Crippen MR) is 115 cm³/mol. The van der Waals surface area contributed by atoms with Crippen LogP contribution in [0.15, 0.2) is 54.6 Å². The van der Waals surface area contributed by atoms with E-state index in [2.05, 4.69) is 57.7 Å². The molecule has 3 N–H and O–H groups in total. The largest absolute Gasteiger partial charge is 0.355 e. The number of nitrogens with one attached hydrogen (secondary N) is 3. The summed E-state index contributed by atoms with van der Waals surface area (Å²) in [5, 5.41) is 7.10. The van der Waals surface area contributed by atoms with E-state index in [1.54, 1.807) is 0 Å². The van der Waals surface area contributed by atoms with Gasteiger partial charge in [0, 0.05) is 54.5 Å². The van der Waals surface area contributed by atoms with Crippen molar-refractivity contribution in [1.29, 1.82) is 0 Å². The van der Waals surface area contributed by atoms with E-state index in [1.165, 1.54) is 5.39 Å². The van der Waals surface area contributed by atoms with Crippen LogP contribution in [0.1, 0.15) is 0 Å². The molecule has 1 saturated heterocycles. The molecular weight excluding hydrogens is 350 g/mol. The maximum absolute atomic E-state index is 12.3. The summed E-state index contributed by atoms with van der Waals surface area (Å²) in [6, 6.07) is 18.4. The predicted octanol–water partition coefficient (Wildman–Crippen LogP) is 3.20. The van der Waals surface area contributed by atoms with E-state index in [-0.39, 0.29) is 6.03 Å². The van der Waals surface area contributed by atoms with Crippen LogP contribution in [0, 0.1) is 0 Å². The lowest BCUT2D eigenvalue weighted by atomic mass is 10.1. The number of anilines is 1. The van der Waals surface area contributed by atoms with Crippen molar-refractivity contribution in [3.8, 4) is 11.3 Å². The first-order chi connectivity index (χ1) is 13.6. The maximum Gasteiger partial charge on any atom is 0.319 e. The van der Waals surface area contributed by atoms with Gasteiger partial charge in [0.2, 0.25) is 0 Å². The first kappa shape index (κ1) is 18.5. The molecule has 0 bridgehead atoms. The topological polar surface area (TPSA) is 63.4 Å². The third kappa shape index (κ3) is 4.18. The van der Waals surface area contributed by atoms with Crippen molar-refractivity contribution in [2.75, 3.05) is 45.6 Å². The molecule has 0 spiro atoms. The van der Waals surface area contributed by atoms with Gasteiger partial charge in [-0.15, -0.1) is 0 Å². The average Bonchev–Trinajstić information content (AvgIpc) is 3.13. The van der Waals surface area contributed by atoms with Crippen LogP contribution in [0.4, 0.5) is 10.5 Å². The van der Waals surface area contributed by atoms with Crippen molar-refractivity contribution in [1.82, 2.24) is 20.1 Å². The van der Waals surface area contributed by atoms with Crippen LogP contribution in [0.2, 0.25) is 0 Å². The fourth-order valence-corrected chi connectivity index (χ4v) is 3.67. The van der Waals surface area contributed by atoms with Crippen molar-refractivity contribution in [2.24, 2.45) is 0 Å². The van der Waals surface area contributed by atoms with Gasteiger partial charge in [-0.3, -0.25) is 4.90 Å². The summed E-state index contributed by atoms with van der Waals surface area (Å²) < 4.78 is 0. The average molecular weight is 377 g/mol. The third-order valence-electron chi connectivity index (χ3n) is 5.46. The number of fused-ring (bicyclic) bond motifs is 1. The molecule has 2 amide bonds. The molecule has 0 aliphatic carbocycles. The minimum atomic E-state index is -0.167. The van der Waals surface area contributed by atoms with Gasteiger partial charge in [-0.1, -0.05) is 30.3 Å². The van der Waals surface area contributed by atoms with Gasteiger partial charge in [-0.05, 0) is 43.9 Å². The molecule has 1 aliphatic rings. The Morgan fingerprint density at radius 1 is 1.11 bits per heavy atom. The fourth-order valence-electron chi connectivity index (χ4n) is 3.67. The lowest BCUT2D eigenvalue weighted by Crippen LogP contribution is -2.54. The second kappa shape index (κ2) is 8.04. The molecule has 0 saturated carbocycles. The molecule has 1 aromatic heterocycles. The van der Waals surface area contributed by atoms with Crippen molar-refractivity contribution in [2.45, 2.75) is 6.04 Å². The number of aromatic nitrogens is 1. The first-order valence-corrected chi connectivity index (χ1v) is 9.70. The van der Waals surface area contributed by atoms with Gasteiger partial charge in [0.15, 0.2) is 0 Å². The van der Waals surface area contributed by atoms with Crippen LogP contribution in [-0.2, 0) is 0 Å². The summed E-state index contributed by atoms with van der Waals surface area (Å²) in [7, 11) is 4.23. The van der Waals surface area contributed by atoms with Gasteiger partial charge in [0.1, 0.15) is 0 Å². The highest BCUT2D eigenvalue weighted by Gasteiger charge is 2.22. The lowest BCUT2D eigenvalue weighted by molar-refractivity contribution is 0.115. The zero-order chi connectivity index (χ0) is 19.5. The summed E-state index contributed by atoms with van der Waals surface area (Å²) in [4.78, 5) is 20.3. The Labute approximate surface area is 165 Å². The van der Waals surface area contributed by atoms with Gasteiger partial charge in [0.25, 0.3) is 0 Å². The number of aromatic amines is 1. The van der Waals surface area contributed by atoms with Crippen LogP contribution >= 0.6 is 0 Å². The van der Waals surface area contributed by atoms with Crippen LogP contribution < -0.4 is 10.6 Å². The Morgan fingerprint density at radius 3 is 2.68 bits per heavy atom. The molecule has 3 aromatic rings. The van der Waals surface area contributed by atoms with E-state index in [9.17, 15) is 4.79 Å². The Balaban J connectivity index is 1.34. The number of nitrogens with zero attached hydrogens (tertiary/aromatic N) is 2. The second-order valence-corrected chi connectivity index (χ2v) is 7.58. The molecule has 28 heavy (non-hydrogen) atoms. The molecule has 2 aromatic carbocycles. The van der Waals surface area contributed by atoms with Crippen LogP contribution in [0.3, 0.4) is 0 Å². The molecule has 1 atom stereocenters. The number of piperazine rings is 1. The van der Waals surface area contributed by atoms with E-state index in [4.69, 9.17) is 0 Å². The fraction of sp³-hybridized carbons (Fsp3) is 0.318. The number of benzene rings is 2. The van der Waals surface area contributed by atoms with E-state index in [0.717, 1.165) is 42.1 Å². The molecular formula is C22H27N5O. The number of carbonyl (C=O) groups excluding carboxylic acids is 1. The number of urea groups is 1. The Kier molecular flexibility index (Phi) is 5.32. The van der Waals surface area contributed by atoms with Crippen molar-refractivity contribution in [3.05, 3.63) is 54.6 Å². The molecule has 6 nitrogen and oxygen atoms in total. The minimum absolute atomic E-state index is 0.167. The van der Waals surface area contributed by atoms with E-state index in [0.29, 0.717) is 12.6 Å². The molecule has 146 valence electrons. The Bertz CT molecular complexity index is 916. The number of para-hydroxylation sites is 1. The van der Waals surface area contributed by atoms with Gasteiger partial charge in [-0.25, -0.2) is 4.79 Å². The lowest BCUT2D eigenvalue weighted by Gasteiger charge is -2.37. The Hall–Kier alpha value is -2.83. The summed E-state index contributed by atoms with van der Waals surface area (Å²) in [5.74, 6) is 0. The van der Waals surface area contributed by atoms with E-state index < -0.39 is 0 Å². The van der Waals surface area contributed by atoms with Crippen molar-refractivity contribution < 1.29 is 4.79 Å². The number of carbonyl (C=O) groups is 1. The molecule has 6 heteroatoms. The van der Waals surface area contributed by atoms with E-state index in [1.807, 2.05) is 36.4 Å². The molecule has 1 fully saturated rings. The molecule has 0 radical (unpaired) electrons. The number of H-pyrrole nitrogens is 1. The highest BCUT2D eigenvalue weighted by molar-refractivity contribution is 5.90. The molecule has 2 heterocycles. The van der Waals surface area contributed by atoms with Crippen LogP contribution in [0.5, 0.6) is 0 Å². The van der Waals surface area contributed by atoms with E-state index >= 15 is 0 Å². The highest BCUT2D eigenvalue weighted by atomic mass is 16.2. The number of rotatable bonds is 4. The molecule has 1 unspecified atom stereocenters. The third-order valence-corrected chi connectivity index (χ3v) is 5.46. The number of hydrogen-bond donors (Lipinski definition) is 3.